The molecule has 3 rings (SSSR count). The van der Waals surface area contributed by atoms with Gasteiger partial charge in [-0.1, -0.05) is 54.6 Å². The van der Waals surface area contributed by atoms with Crippen LogP contribution in [0.3, 0.4) is 0 Å². The van der Waals surface area contributed by atoms with Crippen molar-refractivity contribution in [3.05, 3.63) is 63.6 Å². The van der Waals surface area contributed by atoms with Gasteiger partial charge < -0.3 is 15.5 Å². The third-order valence-electron chi connectivity index (χ3n) is 5.50. The van der Waals surface area contributed by atoms with Crippen LogP contribution in [0.1, 0.15) is 48.0 Å². The monoisotopic (exact) mass is 475 g/mol. The number of aryl methyl sites for hydroxylation is 1. The molecular weight excluding hydrogens is 449 g/mol. The highest BCUT2D eigenvalue weighted by atomic mass is 35.5. The highest BCUT2D eigenvalue weighted by Crippen LogP contribution is 2.27. The van der Waals surface area contributed by atoms with E-state index in [1.165, 1.54) is 6.07 Å². The van der Waals surface area contributed by atoms with Crippen molar-refractivity contribution in [1.82, 2.24) is 10.2 Å². The maximum absolute atomic E-state index is 13.3. The average molecular weight is 476 g/mol. The van der Waals surface area contributed by atoms with Gasteiger partial charge in [0.1, 0.15) is 6.54 Å². The Morgan fingerprint density at radius 3 is 2.44 bits per heavy atom. The van der Waals surface area contributed by atoms with Crippen molar-refractivity contribution in [1.29, 1.82) is 0 Å². The maximum Gasteiger partial charge on any atom is 0.256 e. The first kappa shape index (κ1) is 24.1. The first-order valence-corrected chi connectivity index (χ1v) is 11.5. The van der Waals surface area contributed by atoms with E-state index < -0.39 is 5.91 Å². The number of hydrogen-bond acceptors (Lipinski definition) is 3. The van der Waals surface area contributed by atoms with Gasteiger partial charge in [0.15, 0.2) is 0 Å². The number of amides is 3. The molecule has 6 nitrogen and oxygen atoms in total. The lowest BCUT2D eigenvalue weighted by atomic mass is 9.93. The van der Waals surface area contributed by atoms with Gasteiger partial charge in [0.05, 0.1) is 17.1 Å². The van der Waals surface area contributed by atoms with Gasteiger partial charge in [0.2, 0.25) is 11.8 Å². The van der Waals surface area contributed by atoms with E-state index in [1.807, 2.05) is 25.1 Å². The van der Waals surface area contributed by atoms with Crippen LogP contribution in [0, 0.1) is 6.92 Å². The molecule has 0 spiro atoms. The van der Waals surface area contributed by atoms with E-state index in [9.17, 15) is 14.4 Å². The second kappa shape index (κ2) is 11.3. The number of hydrogen-bond donors (Lipinski definition) is 2. The van der Waals surface area contributed by atoms with Crippen LogP contribution in [0.2, 0.25) is 10.0 Å². The van der Waals surface area contributed by atoms with E-state index in [-0.39, 0.29) is 36.0 Å². The zero-order chi connectivity index (χ0) is 23.1. The van der Waals surface area contributed by atoms with E-state index in [1.54, 1.807) is 23.1 Å². The molecule has 0 heterocycles. The van der Waals surface area contributed by atoms with Gasteiger partial charge in [-0.25, -0.2) is 0 Å². The minimum atomic E-state index is -0.395. The Morgan fingerprint density at radius 2 is 1.75 bits per heavy atom. The molecule has 170 valence electrons. The standard InChI is InChI=1S/C24H27Cl2N3O3/c1-16-6-5-7-18(12-16)28-22(30)14-27-23(31)15-29(19-8-3-2-4-9-19)24(32)20-11-10-17(25)13-21(20)26/h5-7,10-13,19H,2-4,8-9,14-15H2,1H3,(H,27,31)(H,28,30). The molecule has 1 saturated carbocycles. The van der Waals surface area contributed by atoms with Crippen LogP contribution in [0.25, 0.3) is 0 Å². The van der Waals surface area contributed by atoms with Gasteiger partial charge in [-0.2, -0.15) is 0 Å². The molecule has 0 bridgehead atoms. The summed E-state index contributed by atoms with van der Waals surface area (Å²) < 4.78 is 0. The number of halogens is 2. The van der Waals surface area contributed by atoms with Crippen LogP contribution < -0.4 is 10.6 Å². The molecule has 1 fully saturated rings. The number of nitrogens with one attached hydrogen (secondary N) is 2. The Labute approximate surface area is 198 Å². The predicted octanol–water partition coefficient (Wildman–Crippen LogP) is 4.83. The molecule has 0 atom stereocenters. The number of carbonyl (C=O) groups excluding carboxylic acids is 3. The van der Waals surface area contributed by atoms with Crippen LogP contribution in [-0.4, -0.2) is 41.8 Å². The third kappa shape index (κ3) is 6.71. The van der Waals surface area contributed by atoms with Crippen molar-refractivity contribution in [2.45, 2.75) is 45.1 Å². The minimum absolute atomic E-state index is 0.0464. The first-order valence-electron chi connectivity index (χ1n) is 10.7. The van der Waals surface area contributed by atoms with Crippen molar-refractivity contribution in [3.63, 3.8) is 0 Å². The molecule has 0 aromatic heterocycles. The molecule has 8 heteroatoms. The van der Waals surface area contributed by atoms with Crippen molar-refractivity contribution >= 4 is 46.6 Å². The van der Waals surface area contributed by atoms with Gasteiger partial charge in [-0.05, 0) is 55.7 Å². The number of anilines is 1. The maximum atomic E-state index is 13.3. The predicted molar refractivity (Wildman–Crippen MR) is 127 cm³/mol. The van der Waals surface area contributed by atoms with Crippen LogP contribution in [-0.2, 0) is 9.59 Å². The van der Waals surface area contributed by atoms with Crippen LogP contribution in [0.5, 0.6) is 0 Å². The molecule has 0 radical (unpaired) electrons. The summed E-state index contributed by atoms with van der Waals surface area (Å²) in [6, 6.07) is 12.1. The summed E-state index contributed by atoms with van der Waals surface area (Å²) >= 11 is 12.2. The fraction of sp³-hybridized carbons (Fsp3) is 0.375. The summed E-state index contributed by atoms with van der Waals surface area (Å²) in [5.41, 5.74) is 2.00. The Balaban J connectivity index is 1.64. The SMILES string of the molecule is Cc1cccc(NC(=O)CNC(=O)CN(C(=O)c2ccc(Cl)cc2Cl)C2CCCCC2)c1. The Morgan fingerprint density at radius 1 is 1.00 bits per heavy atom. The molecule has 0 aliphatic heterocycles. The summed E-state index contributed by atoms with van der Waals surface area (Å²) in [4.78, 5) is 39.7. The zero-order valence-electron chi connectivity index (χ0n) is 18.0. The number of rotatable bonds is 7. The number of carbonyl (C=O) groups is 3. The molecule has 2 N–H and O–H groups in total. The van der Waals surface area contributed by atoms with E-state index in [0.29, 0.717) is 16.3 Å². The van der Waals surface area contributed by atoms with Crippen molar-refractivity contribution in [2.24, 2.45) is 0 Å². The second-order valence-corrected chi connectivity index (χ2v) is 8.89. The second-order valence-electron chi connectivity index (χ2n) is 8.04. The molecule has 0 unspecified atom stereocenters. The summed E-state index contributed by atoms with van der Waals surface area (Å²) in [6.45, 7) is 1.61. The Kier molecular flexibility index (Phi) is 8.53. The highest BCUT2D eigenvalue weighted by molar-refractivity contribution is 6.36. The Bertz CT molecular complexity index is 990. The van der Waals surface area contributed by atoms with E-state index in [0.717, 1.165) is 37.7 Å². The van der Waals surface area contributed by atoms with Gasteiger partial charge in [-0.3, -0.25) is 14.4 Å². The van der Waals surface area contributed by atoms with Gasteiger partial charge in [0, 0.05) is 16.8 Å². The Hall–Kier alpha value is -2.57. The molecule has 3 amide bonds. The van der Waals surface area contributed by atoms with Gasteiger partial charge >= 0.3 is 0 Å². The number of nitrogens with zero attached hydrogens (tertiary/aromatic N) is 1. The quantitative estimate of drug-likeness (QED) is 0.601. The van der Waals surface area contributed by atoms with Crippen molar-refractivity contribution in [3.8, 4) is 0 Å². The first-order chi connectivity index (χ1) is 15.3. The van der Waals surface area contributed by atoms with Crippen LogP contribution >= 0.6 is 23.2 Å². The lowest BCUT2D eigenvalue weighted by Crippen LogP contribution is -2.48. The van der Waals surface area contributed by atoms with Gasteiger partial charge in [0.25, 0.3) is 5.91 Å². The topological polar surface area (TPSA) is 78.5 Å². The molecular formula is C24H27Cl2N3O3. The van der Waals surface area contributed by atoms with Gasteiger partial charge in [-0.15, -0.1) is 0 Å². The summed E-state index contributed by atoms with van der Waals surface area (Å²) in [6.07, 6.45) is 4.79. The fourth-order valence-electron chi connectivity index (χ4n) is 3.89. The normalized spacial score (nSPS) is 14.0. The largest absolute Gasteiger partial charge is 0.345 e. The summed E-state index contributed by atoms with van der Waals surface area (Å²) in [5, 5.41) is 6.06. The van der Waals surface area contributed by atoms with Crippen molar-refractivity contribution < 1.29 is 14.4 Å². The third-order valence-corrected chi connectivity index (χ3v) is 6.05. The minimum Gasteiger partial charge on any atom is -0.345 e. The van der Waals surface area contributed by atoms with E-state index in [2.05, 4.69) is 10.6 Å². The van der Waals surface area contributed by atoms with Crippen LogP contribution in [0.15, 0.2) is 42.5 Å². The highest BCUT2D eigenvalue weighted by Gasteiger charge is 2.29. The fourth-order valence-corrected chi connectivity index (χ4v) is 4.38. The van der Waals surface area contributed by atoms with Crippen LogP contribution in [0.4, 0.5) is 5.69 Å². The summed E-state index contributed by atoms with van der Waals surface area (Å²) in [7, 11) is 0. The zero-order valence-corrected chi connectivity index (χ0v) is 19.5. The molecule has 1 aliphatic rings. The van der Waals surface area contributed by atoms with E-state index in [4.69, 9.17) is 23.2 Å². The molecule has 1 aliphatic carbocycles. The smallest absolute Gasteiger partial charge is 0.256 e. The molecule has 32 heavy (non-hydrogen) atoms. The lowest BCUT2D eigenvalue weighted by molar-refractivity contribution is -0.125. The molecule has 2 aromatic rings. The molecule has 2 aromatic carbocycles. The summed E-state index contributed by atoms with van der Waals surface area (Å²) in [5.74, 6) is -1.04. The number of benzene rings is 2. The average Bonchev–Trinajstić information content (AvgIpc) is 2.76. The lowest BCUT2D eigenvalue weighted by Gasteiger charge is -2.34. The van der Waals surface area contributed by atoms with Crippen molar-refractivity contribution in [2.75, 3.05) is 18.4 Å². The van der Waals surface area contributed by atoms with E-state index >= 15 is 0 Å². The molecule has 0 saturated heterocycles.